The number of nitrogens with two attached hydrogens (primary N) is 1. The van der Waals surface area contributed by atoms with Gasteiger partial charge in [-0.1, -0.05) is 6.07 Å². The van der Waals surface area contributed by atoms with Gasteiger partial charge in [0.25, 0.3) is 5.91 Å². The van der Waals surface area contributed by atoms with Gasteiger partial charge in [0.2, 0.25) is 0 Å². The van der Waals surface area contributed by atoms with Crippen LogP contribution in [-0.2, 0) is 4.79 Å². The fraction of sp³-hybridized carbons (Fsp3) is 0. The summed E-state index contributed by atoms with van der Waals surface area (Å²) in [4.78, 5) is 10.7. The molecule has 15 heavy (non-hydrogen) atoms. The molecule has 0 spiro atoms. The third-order valence-electron chi connectivity index (χ3n) is 1.57. The van der Waals surface area contributed by atoms with Gasteiger partial charge < -0.3 is 15.7 Å². The summed E-state index contributed by atoms with van der Waals surface area (Å²) in [5, 5.41) is 18.1. The molecule has 6 heteroatoms. The highest BCUT2D eigenvalue weighted by Gasteiger charge is 1.98. The van der Waals surface area contributed by atoms with E-state index in [0.717, 1.165) is 0 Å². The van der Waals surface area contributed by atoms with Crippen molar-refractivity contribution >= 4 is 12.0 Å². The number of aromatic hydroxyl groups is 2. The number of amides is 1. The van der Waals surface area contributed by atoms with Crippen molar-refractivity contribution < 1.29 is 20.5 Å². The Morgan fingerprint density at radius 2 is 2.00 bits per heavy atom. The molecule has 0 radical (unpaired) electrons. The fourth-order valence-electron chi connectivity index (χ4n) is 0.864. The van der Waals surface area contributed by atoms with Crippen molar-refractivity contribution in [2.45, 2.75) is 0 Å². The molecular weight excluding hydrogens is 200 g/mol. The number of carbonyl (C=O) groups excluding carboxylic acids is 1. The van der Waals surface area contributed by atoms with Gasteiger partial charge in [-0.15, -0.1) is 0 Å². The molecule has 0 aliphatic heterocycles. The Labute approximate surface area is 85.9 Å². The van der Waals surface area contributed by atoms with Crippen LogP contribution in [0.5, 0.6) is 11.5 Å². The largest absolute Gasteiger partial charge is 0.504 e. The van der Waals surface area contributed by atoms with Crippen molar-refractivity contribution in [3.63, 3.8) is 0 Å². The lowest BCUT2D eigenvalue weighted by Gasteiger charge is -1.98. The minimum Gasteiger partial charge on any atom is -0.504 e. The van der Waals surface area contributed by atoms with E-state index in [1.807, 2.05) is 5.43 Å². The highest BCUT2D eigenvalue weighted by Crippen LogP contribution is 2.25. The molecule has 0 bridgehead atoms. The zero-order valence-electron chi connectivity index (χ0n) is 7.77. The lowest BCUT2D eigenvalue weighted by Crippen LogP contribution is -2.27. The molecule has 1 aromatic carbocycles. The average molecular weight is 212 g/mol. The van der Waals surface area contributed by atoms with E-state index in [-0.39, 0.29) is 17.0 Å². The summed E-state index contributed by atoms with van der Waals surface area (Å²) in [5.74, 6) is 3.96. The number of carbonyl (C=O) groups is 1. The standard InChI is InChI=1S/C9H10N2O3.H2O/c10-11-9(14)4-2-6-1-3-7(12)8(13)5-6;/h1-5,12-13H,10H2,(H,11,14);1H2/b4-2+;. The van der Waals surface area contributed by atoms with E-state index in [2.05, 4.69) is 0 Å². The van der Waals surface area contributed by atoms with Crippen molar-refractivity contribution in [2.75, 3.05) is 0 Å². The summed E-state index contributed by atoms with van der Waals surface area (Å²) in [6, 6.07) is 4.21. The monoisotopic (exact) mass is 212 g/mol. The van der Waals surface area contributed by atoms with E-state index < -0.39 is 5.91 Å². The van der Waals surface area contributed by atoms with Crippen LogP contribution in [0.15, 0.2) is 24.3 Å². The van der Waals surface area contributed by atoms with Gasteiger partial charge in [-0.3, -0.25) is 10.2 Å². The van der Waals surface area contributed by atoms with Crippen LogP contribution in [0.3, 0.4) is 0 Å². The molecule has 0 aliphatic carbocycles. The topological polar surface area (TPSA) is 127 Å². The molecular formula is C9H12N2O4. The third-order valence-corrected chi connectivity index (χ3v) is 1.57. The molecule has 6 nitrogen and oxygen atoms in total. The van der Waals surface area contributed by atoms with Crippen molar-refractivity contribution in [1.29, 1.82) is 0 Å². The Kier molecular flexibility index (Phi) is 4.86. The second kappa shape index (κ2) is 5.63. The molecule has 0 aromatic heterocycles. The van der Waals surface area contributed by atoms with Crippen molar-refractivity contribution in [3.8, 4) is 11.5 Å². The van der Waals surface area contributed by atoms with Gasteiger partial charge >= 0.3 is 0 Å². The van der Waals surface area contributed by atoms with Gasteiger partial charge in [0.15, 0.2) is 11.5 Å². The Hall–Kier alpha value is -2.05. The number of benzene rings is 1. The van der Waals surface area contributed by atoms with Crippen LogP contribution in [0.2, 0.25) is 0 Å². The van der Waals surface area contributed by atoms with Gasteiger partial charge in [-0.2, -0.15) is 0 Å². The summed E-state index contributed by atoms with van der Waals surface area (Å²) >= 11 is 0. The van der Waals surface area contributed by atoms with E-state index in [0.29, 0.717) is 5.56 Å². The van der Waals surface area contributed by atoms with Crippen molar-refractivity contribution in [3.05, 3.63) is 29.8 Å². The van der Waals surface area contributed by atoms with Crippen LogP contribution in [-0.4, -0.2) is 21.6 Å². The van der Waals surface area contributed by atoms with Crippen molar-refractivity contribution in [1.82, 2.24) is 5.43 Å². The Morgan fingerprint density at radius 1 is 1.33 bits per heavy atom. The maximum Gasteiger partial charge on any atom is 0.257 e. The maximum atomic E-state index is 10.7. The molecule has 0 atom stereocenters. The summed E-state index contributed by atoms with van der Waals surface area (Å²) in [6.07, 6.45) is 2.67. The number of hydrazine groups is 1. The van der Waals surface area contributed by atoms with E-state index >= 15 is 0 Å². The van der Waals surface area contributed by atoms with E-state index in [4.69, 9.17) is 16.1 Å². The molecule has 0 saturated carbocycles. The molecule has 7 N–H and O–H groups in total. The second-order valence-electron chi connectivity index (χ2n) is 2.59. The van der Waals surface area contributed by atoms with Gasteiger partial charge in [-0.05, 0) is 23.8 Å². The average Bonchev–Trinajstić information content (AvgIpc) is 2.19. The van der Waals surface area contributed by atoms with E-state index in [9.17, 15) is 4.79 Å². The summed E-state index contributed by atoms with van der Waals surface area (Å²) in [6.45, 7) is 0. The van der Waals surface area contributed by atoms with Crippen molar-refractivity contribution in [2.24, 2.45) is 5.84 Å². The quantitative estimate of drug-likeness (QED) is 0.169. The molecule has 0 fully saturated rings. The highest BCUT2D eigenvalue weighted by molar-refractivity contribution is 5.91. The summed E-state index contributed by atoms with van der Waals surface area (Å²) in [7, 11) is 0. The normalized spacial score (nSPS) is 9.67. The molecule has 1 amide bonds. The zero-order valence-corrected chi connectivity index (χ0v) is 7.77. The number of phenols is 2. The van der Waals surface area contributed by atoms with Crippen LogP contribution in [0, 0.1) is 0 Å². The second-order valence-corrected chi connectivity index (χ2v) is 2.59. The first-order chi connectivity index (χ1) is 6.63. The molecule has 1 aromatic rings. The summed E-state index contributed by atoms with van der Waals surface area (Å²) < 4.78 is 0. The smallest absolute Gasteiger partial charge is 0.257 e. The van der Waals surface area contributed by atoms with Crippen LogP contribution < -0.4 is 11.3 Å². The predicted octanol–water partition coefficient (Wildman–Crippen LogP) is -0.724. The maximum absolute atomic E-state index is 10.7. The molecule has 0 saturated heterocycles. The molecule has 1 rings (SSSR count). The van der Waals surface area contributed by atoms with Gasteiger partial charge in [0.05, 0.1) is 0 Å². The van der Waals surface area contributed by atoms with Gasteiger partial charge in [0, 0.05) is 6.08 Å². The number of phenolic OH excluding ortho intramolecular Hbond substituents is 2. The lowest BCUT2D eigenvalue weighted by molar-refractivity contribution is -0.116. The Balaban J connectivity index is 0.00000196. The zero-order chi connectivity index (χ0) is 10.6. The third kappa shape index (κ3) is 3.67. The van der Waals surface area contributed by atoms with E-state index in [1.54, 1.807) is 6.07 Å². The number of nitrogens with one attached hydrogen (secondary N) is 1. The molecule has 0 aliphatic rings. The molecule has 0 unspecified atom stereocenters. The predicted molar refractivity (Wildman–Crippen MR) is 54.7 cm³/mol. The fourth-order valence-corrected chi connectivity index (χ4v) is 0.864. The SMILES string of the molecule is NNC(=O)/C=C/c1ccc(O)c(O)c1.O. The van der Waals surface area contributed by atoms with Crippen LogP contribution in [0.25, 0.3) is 6.08 Å². The Bertz CT molecular complexity index is 376. The van der Waals surface area contributed by atoms with Crippen LogP contribution in [0.1, 0.15) is 5.56 Å². The minimum absolute atomic E-state index is 0. The number of rotatable bonds is 2. The summed E-state index contributed by atoms with van der Waals surface area (Å²) in [5.41, 5.74) is 2.51. The number of hydrogen-bond acceptors (Lipinski definition) is 4. The van der Waals surface area contributed by atoms with Crippen LogP contribution >= 0.6 is 0 Å². The van der Waals surface area contributed by atoms with E-state index in [1.165, 1.54) is 24.3 Å². The van der Waals surface area contributed by atoms with Gasteiger partial charge in [0.1, 0.15) is 0 Å². The first-order valence-corrected chi connectivity index (χ1v) is 3.84. The highest BCUT2D eigenvalue weighted by atomic mass is 16.3. The van der Waals surface area contributed by atoms with Crippen LogP contribution in [0.4, 0.5) is 0 Å². The Morgan fingerprint density at radius 3 is 2.53 bits per heavy atom. The minimum atomic E-state index is -0.447. The molecule has 0 heterocycles. The number of hydrogen-bond donors (Lipinski definition) is 4. The first kappa shape index (κ1) is 12.9. The first-order valence-electron chi connectivity index (χ1n) is 3.84. The lowest BCUT2D eigenvalue weighted by atomic mass is 10.2. The van der Waals surface area contributed by atoms with Gasteiger partial charge in [-0.25, -0.2) is 5.84 Å². The molecule has 82 valence electrons.